The molecule has 1 aliphatic rings. The standard InChI is InChI=1S/C11H14ClFN4O/c12-9-6(14)5-7(15)11(10(9)13)17-3-1-8(18)16-2-4-17/h5H,1-4,14-15H2,(H,16,18). The molecule has 1 heterocycles. The molecule has 0 unspecified atom stereocenters. The fourth-order valence-electron chi connectivity index (χ4n) is 1.97. The average Bonchev–Trinajstić information content (AvgIpc) is 2.52. The predicted molar refractivity (Wildman–Crippen MR) is 70.1 cm³/mol. The number of hydrogen-bond donors (Lipinski definition) is 3. The molecule has 0 atom stereocenters. The first kappa shape index (κ1) is 12.8. The molecule has 5 N–H and O–H groups in total. The normalized spacial score (nSPS) is 16.3. The van der Waals surface area contributed by atoms with Gasteiger partial charge in [-0.1, -0.05) is 11.6 Å². The number of anilines is 3. The van der Waals surface area contributed by atoms with Crippen molar-refractivity contribution in [2.24, 2.45) is 0 Å². The van der Waals surface area contributed by atoms with E-state index in [-0.39, 0.29) is 28.0 Å². The van der Waals surface area contributed by atoms with Crippen LogP contribution in [-0.4, -0.2) is 25.5 Å². The molecule has 5 nitrogen and oxygen atoms in total. The number of benzene rings is 1. The lowest BCUT2D eigenvalue weighted by Gasteiger charge is -2.24. The molecule has 1 aliphatic heterocycles. The van der Waals surface area contributed by atoms with Gasteiger partial charge < -0.3 is 21.7 Å². The van der Waals surface area contributed by atoms with Gasteiger partial charge in [-0.25, -0.2) is 4.39 Å². The van der Waals surface area contributed by atoms with E-state index < -0.39 is 5.82 Å². The molecule has 0 spiro atoms. The summed E-state index contributed by atoms with van der Waals surface area (Å²) in [6.45, 7) is 1.32. The highest BCUT2D eigenvalue weighted by molar-refractivity contribution is 6.33. The Morgan fingerprint density at radius 2 is 2.06 bits per heavy atom. The molecule has 18 heavy (non-hydrogen) atoms. The van der Waals surface area contributed by atoms with Crippen molar-refractivity contribution in [3.8, 4) is 0 Å². The van der Waals surface area contributed by atoms with E-state index in [2.05, 4.69) is 5.32 Å². The second-order valence-corrected chi connectivity index (χ2v) is 4.50. The Morgan fingerprint density at radius 1 is 1.33 bits per heavy atom. The van der Waals surface area contributed by atoms with Gasteiger partial charge in [-0.3, -0.25) is 4.79 Å². The molecule has 1 aromatic rings. The second kappa shape index (κ2) is 4.89. The van der Waals surface area contributed by atoms with Crippen molar-refractivity contribution in [2.45, 2.75) is 6.42 Å². The molecule has 0 saturated carbocycles. The van der Waals surface area contributed by atoms with Crippen LogP contribution in [-0.2, 0) is 4.79 Å². The number of carbonyl (C=O) groups excluding carboxylic acids is 1. The van der Waals surface area contributed by atoms with Gasteiger partial charge in [-0.05, 0) is 6.07 Å². The van der Waals surface area contributed by atoms with Gasteiger partial charge in [0.2, 0.25) is 5.91 Å². The van der Waals surface area contributed by atoms with Crippen LogP contribution < -0.4 is 21.7 Å². The molecular weight excluding hydrogens is 259 g/mol. The molecule has 1 amide bonds. The number of nitrogen functional groups attached to an aromatic ring is 2. The first-order valence-corrected chi connectivity index (χ1v) is 5.93. The van der Waals surface area contributed by atoms with Crippen molar-refractivity contribution in [3.63, 3.8) is 0 Å². The zero-order chi connectivity index (χ0) is 13.3. The molecule has 0 radical (unpaired) electrons. The van der Waals surface area contributed by atoms with Crippen molar-refractivity contribution in [1.29, 1.82) is 0 Å². The van der Waals surface area contributed by atoms with E-state index in [1.165, 1.54) is 6.07 Å². The Bertz CT molecular complexity index is 494. The highest BCUT2D eigenvalue weighted by Gasteiger charge is 2.22. The van der Waals surface area contributed by atoms with Gasteiger partial charge in [0.15, 0.2) is 5.82 Å². The summed E-state index contributed by atoms with van der Waals surface area (Å²) in [6, 6.07) is 1.43. The zero-order valence-electron chi connectivity index (χ0n) is 9.67. The van der Waals surface area contributed by atoms with Gasteiger partial charge in [-0.2, -0.15) is 0 Å². The lowest BCUT2D eigenvalue weighted by molar-refractivity contribution is -0.120. The Hall–Kier alpha value is -1.69. The van der Waals surface area contributed by atoms with Crippen molar-refractivity contribution < 1.29 is 9.18 Å². The zero-order valence-corrected chi connectivity index (χ0v) is 10.4. The van der Waals surface area contributed by atoms with E-state index >= 15 is 0 Å². The molecule has 1 fully saturated rings. The monoisotopic (exact) mass is 272 g/mol. The third-order valence-electron chi connectivity index (χ3n) is 2.87. The largest absolute Gasteiger partial charge is 0.397 e. The Kier molecular flexibility index (Phi) is 3.47. The summed E-state index contributed by atoms with van der Waals surface area (Å²) in [7, 11) is 0. The van der Waals surface area contributed by atoms with Gasteiger partial charge in [0.25, 0.3) is 0 Å². The van der Waals surface area contributed by atoms with E-state index in [0.29, 0.717) is 26.1 Å². The number of rotatable bonds is 1. The molecule has 0 aromatic heterocycles. The van der Waals surface area contributed by atoms with Crippen LogP contribution in [0.4, 0.5) is 21.5 Å². The predicted octanol–water partition coefficient (Wildman–Crippen LogP) is 0.970. The molecule has 7 heteroatoms. The maximum atomic E-state index is 14.1. The summed E-state index contributed by atoms with van der Waals surface area (Å²) in [6.07, 6.45) is 0.293. The van der Waals surface area contributed by atoms with Crippen LogP contribution in [0.3, 0.4) is 0 Å². The minimum absolute atomic E-state index is 0.0574. The number of hydrogen-bond acceptors (Lipinski definition) is 4. The molecule has 1 saturated heterocycles. The van der Waals surface area contributed by atoms with Crippen LogP contribution in [0, 0.1) is 5.82 Å². The number of nitrogens with one attached hydrogen (secondary N) is 1. The average molecular weight is 273 g/mol. The summed E-state index contributed by atoms with van der Waals surface area (Å²) in [4.78, 5) is 12.9. The molecule has 1 aromatic carbocycles. The highest BCUT2D eigenvalue weighted by atomic mass is 35.5. The minimum Gasteiger partial charge on any atom is -0.397 e. The van der Waals surface area contributed by atoms with Crippen LogP contribution in [0.1, 0.15) is 6.42 Å². The van der Waals surface area contributed by atoms with Gasteiger partial charge in [0, 0.05) is 26.1 Å². The highest BCUT2D eigenvalue weighted by Crippen LogP contribution is 2.36. The summed E-state index contributed by atoms with van der Waals surface area (Å²) < 4.78 is 14.1. The lowest BCUT2D eigenvalue weighted by Crippen LogP contribution is -2.29. The van der Waals surface area contributed by atoms with E-state index in [9.17, 15) is 9.18 Å². The third-order valence-corrected chi connectivity index (χ3v) is 3.25. The maximum absolute atomic E-state index is 14.1. The number of nitrogens with two attached hydrogens (primary N) is 2. The number of nitrogens with zero attached hydrogens (tertiary/aromatic N) is 1. The second-order valence-electron chi connectivity index (χ2n) is 4.12. The summed E-state index contributed by atoms with van der Waals surface area (Å²) in [5, 5.41) is 2.57. The van der Waals surface area contributed by atoms with E-state index in [1.807, 2.05) is 0 Å². The molecule has 98 valence electrons. The molecule has 2 rings (SSSR count). The van der Waals surface area contributed by atoms with Crippen LogP contribution in [0.15, 0.2) is 6.07 Å². The Balaban J connectivity index is 2.38. The fraction of sp³-hybridized carbons (Fsp3) is 0.364. The quantitative estimate of drug-likeness (QED) is 0.665. The lowest BCUT2D eigenvalue weighted by atomic mass is 10.2. The van der Waals surface area contributed by atoms with Gasteiger partial charge in [0.1, 0.15) is 5.02 Å². The van der Waals surface area contributed by atoms with Crippen molar-refractivity contribution >= 4 is 34.6 Å². The third kappa shape index (κ3) is 2.28. The molecule has 0 bridgehead atoms. The first-order chi connectivity index (χ1) is 8.50. The first-order valence-electron chi connectivity index (χ1n) is 5.55. The van der Waals surface area contributed by atoms with Gasteiger partial charge in [-0.15, -0.1) is 0 Å². The van der Waals surface area contributed by atoms with Crippen molar-refractivity contribution in [2.75, 3.05) is 36.0 Å². The molecular formula is C11H14ClFN4O. The fourth-order valence-corrected chi connectivity index (χ4v) is 2.11. The summed E-state index contributed by atoms with van der Waals surface area (Å²) >= 11 is 5.78. The van der Waals surface area contributed by atoms with Crippen molar-refractivity contribution in [1.82, 2.24) is 5.32 Å². The van der Waals surface area contributed by atoms with Gasteiger partial charge in [0.05, 0.1) is 17.1 Å². The van der Waals surface area contributed by atoms with Crippen LogP contribution in [0.2, 0.25) is 5.02 Å². The molecule has 0 aliphatic carbocycles. The van der Waals surface area contributed by atoms with E-state index in [0.717, 1.165) is 0 Å². The van der Waals surface area contributed by atoms with Gasteiger partial charge >= 0.3 is 0 Å². The Labute approximate surface area is 109 Å². The van der Waals surface area contributed by atoms with Crippen LogP contribution in [0.25, 0.3) is 0 Å². The van der Waals surface area contributed by atoms with Crippen LogP contribution >= 0.6 is 11.6 Å². The smallest absolute Gasteiger partial charge is 0.221 e. The SMILES string of the molecule is Nc1cc(N)c(N2CCNC(=O)CC2)c(F)c1Cl. The number of halogens is 2. The summed E-state index contributed by atoms with van der Waals surface area (Å²) in [5.74, 6) is -0.693. The minimum atomic E-state index is -0.636. The van der Waals surface area contributed by atoms with E-state index in [1.54, 1.807) is 4.90 Å². The Morgan fingerprint density at radius 3 is 2.78 bits per heavy atom. The maximum Gasteiger partial charge on any atom is 0.221 e. The summed E-state index contributed by atoms with van der Waals surface area (Å²) in [5.41, 5.74) is 11.9. The van der Waals surface area contributed by atoms with Crippen LogP contribution in [0.5, 0.6) is 0 Å². The van der Waals surface area contributed by atoms with Crippen molar-refractivity contribution in [3.05, 3.63) is 16.9 Å². The topological polar surface area (TPSA) is 84.4 Å². The van der Waals surface area contributed by atoms with E-state index in [4.69, 9.17) is 23.1 Å². The number of carbonyl (C=O) groups is 1. The number of amides is 1.